The minimum absolute atomic E-state index is 0.0477. The van der Waals surface area contributed by atoms with Crippen LogP contribution in [-0.4, -0.2) is 55.0 Å². The molecule has 0 heterocycles. The molecule has 0 aliphatic rings. The van der Waals surface area contributed by atoms with Crippen LogP contribution >= 0.6 is 0 Å². The number of esters is 1. The first-order valence-electron chi connectivity index (χ1n) is 5.26. The Hall–Kier alpha value is -0.950. The van der Waals surface area contributed by atoms with Crippen LogP contribution < -0.4 is 0 Å². The molecule has 0 bridgehead atoms. The number of aliphatic hydroxyl groups is 2. The molecule has 17 heavy (non-hydrogen) atoms. The standard InChI is InChI=1S/C11H20O6/c1-9(2)10(13)17-11(3,14)8-16-7-6-15-5-4-12/h12,14H,1,4-8H2,2-3H3. The number of aliphatic hydroxyl groups excluding tert-OH is 1. The summed E-state index contributed by atoms with van der Waals surface area (Å²) in [6.45, 7) is 6.78. The van der Waals surface area contributed by atoms with Crippen LogP contribution in [0, 0.1) is 0 Å². The second-order valence-electron chi connectivity index (χ2n) is 3.73. The Bertz CT molecular complexity index is 248. The van der Waals surface area contributed by atoms with Gasteiger partial charge in [-0.25, -0.2) is 4.79 Å². The van der Waals surface area contributed by atoms with E-state index in [9.17, 15) is 9.90 Å². The molecule has 6 nitrogen and oxygen atoms in total. The van der Waals surface area contributed by atoms with Gasteiger partial charge in [0.1, 0.15) is 6.61 Å². The zero-order valence-corrected chi connectivity index (χ0v) is 10.3. The van der Waals surface area contributed by atoms with E-state index >= 15 is 0 Å². The van der Waals surface area contributed by atoms with E-state index in [1.807, 2.05) is 0 Å². The normalized spacial score (nSPS) is 14.1. The van der Waals surface area contributed by atoms with Gasteiger partial charge in [0.15, 0.2) is 0 Å². The van der Waals surface area contributed by atoms with E-state index in [0.717, 1.165) is 0 Å². The van der Waals surface area contributed by atoms with Gasteiger partial charge in [-0.05, 0) is 6.92 Å². The van der Waals surface area contributed by atoms with Gasteiger partial charge < -0.3 is 24.4 Å². The van der Waals surface area contributed by atoms with Crippen molar-refractivity contribution in [1.82, 2.24) is 0 Å². The number of ether oxygens (including phenoxy) is 3. The fourth-order valence-electron chi connectivity index (χ4n) is 0.862. The quantitative estimate of drug-likeness (QED) is 0.255. The number of hydrogen-bond donors (Lipinski definition) is 2. The van der Waals surface area contributed by atoms with E-state index in [1.165, 1.54) is 13.8 Å². The van der Waals surface area contributed by atoms with Crippen molar-refractivity contribution in [3.05, 3.63) is 12.2 Å². The predicted octanol–water partition coefficient (Wildman–Crippen LogP) is -0.160. The third kappa shape index (κ3) is 8.82. The lowest BCUT2D eigenvalue weighted by molar-refractivity contribution is -0.217. The lowest BCUT2D eigenvalue weighted by Crippen LogP contribution is -2.37. The van der Waals surface area contributed by atoms with Crippen LogP contribution in [0.3, 0.4) is 0 Å². The summed E-state index contributed by atoms with van der Waals surface area (Å²) in [5.74, 6) is -2.36. The molecule has 0 aromatic rings. The van der Waals surface area contributed by atoms with Crippen molar-refractivity contribution in [2.75, 3.05) is 33.0 Å². The van der Waals surface area contributed by atoms with Crippen LogP contribution in [0.15, 0.2) is 12.2 Å². The first-order valence-corrected chi connectivity index (χ1v) is 5.26. The maximum atomic E-state index is 11.1. The molecule has 2 N–H and O–H groups in total. The van der Waals surface area contributed by atoms with Crippen molar-refractivity contribution >= 4 is 5.97 Å². The van der Waals surface area contributed by atoms with Gasteiger partial charge in [0.05, 0.1) is 26.4 Å². The average Bonchev–Trinajstić information content (AvgIpc) is 2.22. The van der Waals surface area contributed by atoms with Crippen LogP contribution in [0.1, 0.15) is 13.8 Å². The molecule has 6 heteroatoms. The topological polar surface area (TPSA) is 85.2 Å². The Balaban J connectivity index is 3.71. The molecule has 1 unspecified atom stereocenters. The van der Waals surface area contributed by atoms with E-state index in [-0.39, 0.29) is 32.0 Å². The van der Waals surface area contributed by atoms with E-state index in [2.05, 4.69) is 6.58 Å². The molecule has 1 atom stereocenters. The number of rotatable bonds is 9. The van der Waals surface area contributed by atoms with Gasteiger partial charge in [-0.2, -0.15) is 0 Å². The molecule has 100 valence electrons. The Kier molecular flexibility index (Phi) is 7.73. The van der Waals surface area contributed by atoms with E-state index in [4.69, 9.17) is 19.3 Å². The lowest BCUT2D eigenvalue weighted by atomic mass is 10.3. The van der Waals surface area contributed by atoms with Crippen molar-refractivity contribution in [2.45, 2.75) is 19.6 Å². The molecular formula is C11H20O6. The summed E-state index contributed by atoms with van der Waals surface area (Å²) in [5, 5.41) is 18.1. The fourth-order valence-corrected chi connectivity index (χ4v) is 0.862. The molecule has 0 aliphatic heterocycles. The number of carbonyl (C=O) groups is 1. The lowest BCUT2D eigenvalue weighted by Gasteiger charge is -2.23. The second-order valence-corrected chi connectivity index (χ2v) is 3.73. The Labute approximate surface area is 101 Å². The minimum Gasteiger partial charge on any atom is -0.428 e. The first kappa shape index (κ1) is 16.1. The molecule has 0 saturated carbocycles. The summed E-state index contributed by atoms with van der Waals surface area (Å²) in [5.41, 5.74) is 0.205. The minimum atomic E-state index is -1.69. The predicted molar refractivity (Wildman–Crippen MR) is 60.3 cm³/mol. The van der Waals surface area contributed by atoms with Crippen LogP contribution in [0.2, 0.25) is 0 Å². The van der Waals surface area contributed by atoms with Gasteiger partial charge in [-0.1, -0.05) is 6.58 Å². The van der Waals surface area contributed by atoms with Crippen LogP contribution in [0.25, 0.3) is 0 Å². The molecule has 0 rings (SSSR count). The van der Waals surface area contributed by atoms with Crippen molar-refractivity contribution in [3.63, 3.8) is 0 Å². The molecule has 0 radical (unpaired) electrons. The molecule has 0 spiro atoms. The highest BCUT2D eigenvalue weighted by Crippen LogP contribution is 2.09. The van der Waals surface area contributed by atoms with E-state index in [0.29, 0.717) is 6.61 Å². The van der Waals surface area contributed by atoms with Gasteiger partial charge in [0.25, 0.3) is 0 Å². The fraction of sp³-hybridized carbons (Fsp3) is 0.727. The van der Waals surface area contributed by atoms with Crippen molar-refractivity contribution < 1.29 is 29.2 Å². The summed E-state index contributed by atoms with van der Waals surface area (Å²) in [7, 11) is 0. The molecule has 0 saturated heterocycles. The maximum Gasteiger partial charge on any atom is 0.335 e. The third-order valence-corrected chi connectivity index (χ3v) is 1.64. The Morgan fingerprint density at radius 2 is 1.88 bits per heavy atom. The third-order valence-electron chi connectivity index (χ3n) is 1.64. The van der Waals surface area contributed by atoms with Gasteiger partial charge in [-0.3, -0.25) is 0 Å². The highest BCUT2D eigenvalue weighted by molar-refractivity contribution is 5.87. The number of hydrogen-bond acceptors (Lipinski definition) is 6. The summed E-state index contributed by atoms with van der Waals surface area (Å²) in [6.07, 6.45) is 0. The summed E-state index contributed by atoms with van der Waals surface area (Å²) in [6, 6.07) is 0. The van der Waals surface area contributed by atoms with Crippen LogP contribution in [-0.2, 0) is 19.0 Å². The number of carbonyl (C=O) groups excluding carboxylic acids is 1. The van der Waals surface area contributed by atoms with Gasteiger partial charge >= 0.3 is 5.97 Å². The Morgan fingerprint density at radius 3 is 2.41 bits per heavy atom. The smallest absolute Gasteiger partial charge is 0.335 e. The molecule has 0 aromatic heterocycles. The van der Waals surface area contributed by atoms with Crippen LogP contribution in [0.4, 0.5) is 0 Å². The molecule has 0 aromatic carbocycles. The monoisotopic (exact) mass is 248 g/mol. The van der Waals surface area contributed by atoms with Crippen LogP contribution in [0.5, 0.6) is 0 Å². The molecule has 0 aliphatic carbocycles. The largest absolute Gasteiger partial charge is 0.428 e. The van der Waals surface area contributed by atoms with Crippen molar-refractivity contribution in [2.24, 2.45) is 0 Å². The van der Waals surface area contributed by atoms with Gasteiger partial charge in [-0.15, -0.1) is 0 Å². The van der Waals surface area contributed by atoms with Gasteiger partial charge in [0, 0.05) is 12.5 Å². The van der Waals surface area contributed by atoms with E-state index < -0.39 is 11.8 Å². The zero-order chi connectivity index (χ0) is 13.3. The molecular weight excluding hydrogens is 228 g/mol. The van der Waals surface area contributed by atoms with Crippen molar-refractivity contribution in [3.8, 4) is 0 Å². The summed E-state index contributed by atoms with van der Waals surface area (Å²) >= 11 is 0. The Morgan fingerprint density at radius 1 is 1.29 bits per heavy atom. The molecule has 0 fully saturated rings. The van der Waals surface area contributed by atoms with Gasteiger partial charge in [0.2, 0.25) is 5.79 Å². The van der Waals surface area contributed by atoms with Crippen molar-refractivity contribution in [1.29, 1.82) is 0 Å². The maximum absolute atomic E-state index is 11.1. The first-order chi connectivity index (χ1) is 7.89. The summed E-state index contributed by atoms with van der Waals surface area (Å²) in [4.78, 5) is 11.1. The molecule has 0 amide bonds. The van der Waals surface area contributed by atoms with E-state index in [1.54, 1.807) is 0 Å². The zero-order valence-electron chi connectivity index (χ0n) is 10.3. The second kappa shape index (κ2) is 8.19. The SMILES string of the molecule is C=C(C)C(=O)OC(C)(O)COCCOCCO. The summed E-state index contributed by atoms with van der Waals surface area (Å²) < 4.78 is 14.7. The highest BCUT2D eigenvalue weighted by Gasteiger charge is 2.25. The average molecular weight is 248 g/mol. The highest BCUT2D eigenvalue weighted by atomic mass is 16.7.